The van der Waals surface area contributed by atoms with Crippen molar-refractivity contribution in [2.75, 3.05) is 6.54 Å². The third-order valence-corrected chi connectivity index (χ3v) is 2.76. The van der Waals surface area contributed by atoms with Gasteiger partial charge in [0.05, 0.1) is 0 Å². The van der Waals surface area contributed by atoms with Crippen molar-refractivity contribution in [3.8, 4) is 0 Å². The maximum Gasteiger partial charge on any atom is 0.221 e. The summed E-state index contributed by atoms with van der Waals surface area (Å²) < 4.78 is 0. The third kappa shape index (κ3) is 3.66. The first kappa shape index (κ1) is 12.7. The minimum atomic E-state index is -0.260. The van der Waals surface area contributed by atoms with Gasteiger partial charge in [0.2, 0.25) is 5.91 Å². The first-order valence-electron chi connectivity index (χ1n) is 5.60. The number of carbonyl (C=O) groups excluding carboxylic acids is 1. The zero-order chi connectivity index (χ0) is 12.1. The topological polar surface area (TPSA) is 55.1 Å². The van der Waals surface area contributed by atoms with Crippen molar-refractivity contribution in [1.29, 1.82) is 0 Å². The first-order valence-corrected chi connectivity index (χ1v) is 5.60. The van der Waals surface area contributed by atoms with E-state index in [4.69, 9.17) is 5.73 Å². The van der Waals surface area contributed by atoms with Crippen LogP contribution in [-0.4, -0.2) is 12.5 Å². The van der Waals surface area contributed by atoms with E-state index >= 15 is 0 Å². The second-order valence-corrected chi connectivity index (χ2v) is 4.35. The molecule has 1 amide bonds. The maximum absolute atomic E-state index is 10.9. The van der Waals surface area contributed by atoms with E-state index in [0.29, 0.717) is 6.54 Å². The minimum absolute atomic E-state index is 0.132. The van der Waals surface area contributed by atoms with Crippen LogP contribution in [0.1, 0.15) is 31.0 Å². The van der Waals surface area contributed by atoms with Crippen LogP contribution in [0.25, 0.3) is 0 Å². The van der Waals surface area contributed by atoms with Gasteiger partial charge in [-0.2, -0.15) is 0 Å². The van der Waals surface area contributed by atoms with Gasteiger partial charge >= 0.3 is 0 Å². The van der Waals surface area contributed by atoms with Crippen LogP contribution >= 0.6 is 0 Å². The zero-order valence-corrected chi connectivity index (χ0v) is 10.2. The highest BCUT2D eigenvalue weighted by Crippen LogP contribution is 2.13. The zero-order valence-electron chi connectivity index (χ0n) is 10.2. The molecule has 0 heterocycles. The van der Waals surface area contributed by atoms with Crippen molar-refractivity contribution in [2.45, 2.75) is 26.8 Å². The average molecular weight is 220 g/mol. The van der Waals surface area contributed by atoms with Crippen molar-refractivity contribution >= 4 is 5.91 Å². The van der Waals surface area contributed by atoms with Gasteiger partial charge in [0.1, 0.15) is 0 Å². The summed E-state index contributed by atoms with van der Waals surface area (Å²) >= 11 is 0. The fraction of sp³-hybridized carbons (Fsp3) is 0.462. The van der Waals surface area contributed by atoms with E-state index < -0.39 is 0 Å². The molecule has 3 N–H and O–H groups in total. The lowest BCUT2D eigenvalue weighted by Gasteiger charge is -2.16. The van der Waals surface area contributed by atoms with Gasteiger partial charge in [0.25, 0.3) is 0 Å². The van der Waals surface area contributed by atoms with E-state index in [1.165, 1.54) is 11.1 Å². The summed E-state index contributed by atoms with van der Waals surface area (Å²) in [5.74, 6) is -0.392. The molecule has 16 heavy (non-hydrogen) atoms. The number of nitrogens with two attached hydrogens (primary N) is 1. The Balaban J connectivity index is 2.52. The van der Waals surface area contributed by atoms with Crippen molar-refractivity contribution in [3.63, 3.8) is 0 Å². The van der Waals surface area contributed by atoms with E-state index in [0.717, 1.165) is 0 Å². The van der Waals surface area contributed by atoms with Gasteiger partial charge in [-0.15, -0.1) is 0 Å². The van der Waals surface area contributed by atoms with Crippen molar-refractivity contribution in [3.05, 3.63) is 35.4 Å². The van der Waals surface area contributed by atoms with Crippen LogP contribution in [0.2, 0.25) is 0 Å². The molecule has 0 radical (unpaired) electrons. The Kier molecular flexibility index (Phi) is 4.50. The summed E-state index contributed by atoms with van der Waals surface area (Å²) in [4.78, 5) is 10.9. The van der Waals surface area contributed by atoms with E-state index in [-0.39, 0.29) is 17.9 Å². The molecule has 0 aliphatic heterocycles. The standard InChI is InChI=1S/C13H20N2O/c1-9-5-4-6-12(7-9)11(3)15-8-10(2)13(14)16/h4-7,10-11,15H,8H2,1-3H3,(H2,14,16)/t10?,11-/m1/s1. The molecule has 0 bridgehead atoms. The van der Waals surface area contributed by atoms with Crippen LogP contribution in [0.3, 0.4) is 0 Å². The van der Waals surface area contributed by atoms with Crippen LogP contribution in [0.15, 0.2) is 24.3 Å². The third-order valence-electron chi connectivity index (χ3n) is 2.76. The van der Waals surface area contributed by atoms with E-state index in [9.17, 15) is 4.79 Å². The highest BCUT2D eigenvalue weighted by molar-refractivity contribution is 5.76. The minimum Gasteiger partial charge on any atom is -0.369 e. The normalized spacial score (nSPS) is 14.4. The fourth-order valence-corrected chi connectivity index (χ4v) is 1.51. The lowest BCUT2D eigenvalue weighted by Crippen LogP contribution is -2.32. The first-order chi connectivity index (χ1) is 7.50. The number of aryl methyl sites for hydroxylation is 1. The molecule has 0 aromatic heterocycles. The summed E-state index contributed by atoms with van der Waals surface area (Å²) in [5, 5.41) is 3.31. The Morgan fingerprint density at radius 1 is 1.44 bits per heavy atom. The quantitative estimate of drug-likeness (QED) is 0.794. The number of amides is 1. The Morgan fingerprint density at radius 2 is 2.12 bits per heavy atom. The molecule has 0 aliphatic carbocycles. The van der Waals surface area contributed by atoms with Gasteiger partial charge in [-0.25, -0.2) is 0 Å². The molecule has 1 unspecified atom stereocenters. The monoisotopic (exact) mass is 220 g/mol. The number of nitrogens with one attached hydrogen (secondary N) is 1. The molecule has 1 aromatic carbocycles. The molecule has 3 heteroatoms. The van der Waals surface area contributed by atoms with Gasteiger partial charge in [-0.3, -0.25) is 4.79 Å². The molecule has 2 atom stereocenters. The number of hydrogen-bond donors (Lipinski definition) is 2. The van der Waals surface area contributed by atoms with E-state index in [2.05, 4.69) is 37.4 Å². The van der Waals surface area contributed by atoms with Crippen molar-refractivity contribution < 1.29 is 4.79 Å². The molecule has 0 spiro atoms. The summed E-state index contributed by atoms with van der Waals surface area (Å²) in [6.45, 7) is 6.60. The Morgan fingerprint density at radius 3 is 2.69 bits per heavy atom. The van der Waals surface area contributed by atoms with Crippen LogP contribution in [0.5, 0.6) is 0 Å². The maximum atomic E-state index is 10.9. The second-order valence-electron chi connectivity index (χ2n) is 4.35. The van der Waals surface area contributed by atoms with Crippen LogP contribution < -0.4 is 11.1 Å². The van der Waals surface area contributed by atoms with Crippen LogP contribution in [-0.2, 0) is 4.79 Å². The number of primary amides is 1. The molecule has 0 saturated heterocycles. The summed E-state index contributed by atoms with van der Waals surface area (Å²) in [6, 6.07) is 8.58. The molecule has 1 aromatic rings. The van der Waals surface area contributed by atoms with E-state index in [1.807, 2.05) is 13.0 Å². The fourth-order valence-electron chi connectivity index (χ4n) is 1.51. The predicted molar refractivity (Wildman–Crippen MR) is 66.0 cm³/mol. The number of benzene rings is 1. The molecule has 0 aliphatic rings. The van der Waals surface area contributed by atoms with Gasteiger partial charge in [0.15, 0.2) is 0 Å². The summed E-state index contributed by atoms with van der Waals surface area (Å²) in [7, 11) is 0. The Hall–Kier alpha value is -1.35. The van der Waals surface area contributed by atoms with E-state index in [1.54, 1.807) is 0 Å². The number of hydrogen-bond acceptors (Lipinski definition) is 2. The van der Waals surface area contributed by atoms with Crippen molar-refractivity contribution in [2.24, 2.45) is 11.7 Å². The number of rotatable bonds is 5. The van der Waals surface area contributed by atoms with Gasteiger partial charge < -0.3 is 11.1 Å². The smallest absolute Gasteiger partial charge is 0.221 e. The average Bonchev–Trinajstić information content (AvgIpc) is 2.25. The van der Waals surface area contributed by atoms with Gasteiger partial charge in [-0.1, -0.05) is 36.8 Å². The molecular formula is C13H20N2O. The second kappa shape index (κ2) is 5.66. The summed E-state index contributed by atoms with van der Waals surface area (Å²) in [6.07, 6.45) is 0. The molecular weight excluding hydrogens is 200 g/mol. The van der Waals surface area contributed by atoms with Crippen LogP contribution in [0, 0.1) is 12.8 Å². The SMILES string of the molecule is Cc1cccc([C@@H](C)NCC(C)C(N)=O)c1. The van der Waals surface area contributed by atoms with Crippen LogP contribution in [0.4, 0.5) is 0 Å². The predicted octanol–water partition coefficient (Wildman–Crippen LogP) is 1.77. The van der Waals surface area contributed by atoms with Crippen molar-refractivity contribution in [1.82, 2.24) is 5.32 Å². The molecule has 1 rings (SSSR count). The lowest BCUT2D eigenvalue weighted by molar-refractivity contribution is -0.121. The molecule has 0 saturated carbocycles. The largest absolute Gasteiger partial charge is 0.369 e. The highest BCUT2D eigenvalue weighted by atomic mass is 16.1. The molecule has 88 valence electrons. The van der Waals surface area contributed by atoms with Gasteiger partial charge in [-0.05, 0) is 19.4 Å². The Bertz CT molecular complexity index is 363. The molecule has 0 fully saturated rings. The highest BCUT2D eigenvalue weighted by Gasteiger charge is 2.11. The van der Waals surface area contributed by atoms with Gasteiger partial charge in [0, 0.05) is 18.5 Å². The lowest BCUT2D eigenvalue weighted by atomic mass is 10.0. The summed E-state index contributed by atoms with van der Waals surface area (Å²) in [5.41, 5.74) is 7.68. The number of carbonyl (C=O) groups is 1. The molecule has 3 nitrogen and oxygen atoms in total. The Labute approximate surface area is 97.0 Å².